The second-order valence-electron chi connectivity index (χ2n) is 15.8. The molecule has 0 spiro atoms. The predicted molar refractivity (Wildman–Crippen MR) is 221 cm³/mol. The first-order valence-electron chi connectivity index (χ1n) is 21.1. The second-order valence-corrected chi connectivity index (χ2v) is 17.2. The van der Waals surface area contributed by atoms with Gasteiger partial charge in [-0.15, -0.1) is 0 Å². The van der Waals surface area contributed by atoms with Gasteiger partial charge in [0.1, 0.15) is 13.2 Å². The number of ether oxygens (including phenoxy) is 1. The fraction of sp³-hybridized carbons (Fsp3) is 0.791. The highest BCUT2D eigenvalue weighted by molar-refractivity contribution is 7.47. The lowest BCUT2D eigenvalue weighted by Gasteiger charge is -2.25. The Morgan fingerprint density at radius 3 is 1.94 bits per heavy atom. The summed E-state index contributed by atoms with van der Waals surface area (Å²) >= 11 is 0. The average molecular weight is 768 g/mol. The second kappa shape index (κ2) is 31.6. The summed E-state index contributed by atoms with van der Waals surface area (Å²) in [5.74, 6) is -0.241. The van der Waals surface area contributed by atoms with E-state index in [4.69, 9.17) is 13.8 Å². The molecule has 1 fully saturated rings. The van der Waals surface area contributed by atoms with Gasteiger partial charge >= 0.3 is 7.82 Å². The molecule has 0 aromatic heterocycles. The zero-order valence-electron chi connectivity index (χ0n) is 34.4. The number of nitrogens with zero attached hydrogens (tertiary/aromatic N) is 1. The number of carbonyl (C=O) groups excluding carboxylic acids is 1. The van der Waals surface area contributed by atoms with Gasteiger partial charge in [0.15, 0.2) is 0 Å². The highest BCUT2D eigenvalue weighted by Gasteiger charge is 2.36. The molecule has 0 aliphatic carbocycles. The Bertz CT molecular complexity index is 1070. The van der Waals surface area contributed by atoms with E-state index < -0.39 is 20.0 Å². The summed E-state index contributed by atoms with van der Waals surface area (Å²) < 4.78 is 29.3. The Morgan fingerprint density at radius 1 is 0.755 bits per heavy atom. The molecule has 5 atom stereocenters. The molecule has 1 amide bonds. The summed E-state index contributed by atoms with van der Waals surface area (Å²) in [6.07, 6.45) is 40.5. The lowest BCUT2D eigenvalue weighted by molar-refractivity contribution is -0.870. The van der Waals surface area contributed by atoms with Crippen molar-refractivity contribution in [3.8, 4) is 0 Å². The third kappa shape index (κ3) is 31.3. The minimum absolute atomic E-state index is 0.0455. The van der Waals surface area contributed by atoms with Crippen LogP contribution in [-0.4, -0.2) is 85.6 Å². The van der Waals surface area contributed by atoms with E-state index in [2.05, 4.69) is 55.6 Å². The topological polar surface area (TPSA) is 118 Å². The third-order valence-electron chi connectivity index (χ3n) is 9.47. The molecule has 10 heteroatoms. The molecular weight excluding hydrogens is 687 g/mol. The summed E-state index contributed by atoms with van der Waals surface area (Å²) in [5, 5.41) is 13.8. The SMILES string of the molecule is CCCCC/C=C\C/C=C\C/C=C\CC1OC1CCCC(=O)N[C@@H](COP(=O)(O)OCC[N+](C)(C)C)[C@H](O)/C=C/CCCCCCCCCCCCC. The smallest absolute Gasteiger partial charge is 0.387 e. The molecule has 1 heterocycles. The minimum Gasteiger partial charge on any atom is -0.387 e. The first-order chi connectivity index (χ1) is 25.5. The molecule has 1 rings (SSSR count). The maximum Gasteiger partial charge on any atom is 0.472 e. The van der Waals surface area contributed by atoms with E-state index in [1.807, 2.05) is 27.2 Å². The van der Waals surface area contributed by atoms with Crippen LogP contribution in [0.15, 0.2) is 48.6 Å². The van der Waals surface area contributed by atoms with Crippen molar-refractivity contribution < 1.29 is 37.6 Å². The van der Waals surface area contributed by atoms with Crippen LogP contribution in [0, 0.1) is 0 Å². The summed E-state index contributed by atoms with van der Waals surface area (Å²) in [7, 11) is 1.52. The van der Waals surface area contributed by atoms with Crippen molar-refractivity contribution in [2.75, 3.05) is 40.9 Å². The molecule has 0 radical (unpaired) electrons. The van der Waals surface area contributed by atoms with E-state index >= 15 is 0 Å². The fourth-order valence-corrected chi connectivity index (χ4v) is 6.69. The lowest BCUT2D eigenvalue weighted by Crippen LogP contribution is -2.45. The molecule has 3 unspecified atom stereocenters. The molecule has 0 saturated carbocycles. The number of unbranched alkanes of at least 4 members (excludes halogenated alkanes) is 14. The Labute approximate surface area is 324 Å². The molecule has 9 nitrogen and oxygen atoms in total. The molecular formula is C43H80N2O7P+. The number of phosphoric acid groups is 1. The van der Waals surface area contributed by atoms with Gasteiger partial charge in [0.2, 0.25) is 5.91 Å². The van der Waals surface area contributed by atoms with E-state index in [1.165, 1.54) is 83.5 Å². The summed E-state index contributed by atoms with van der Waals surface area (Å²) in [6, 6.07) is -0.885. The molecule has 3 N–H and O–H groups in total. The van der Waals surface area contributed by atoms with Crippen molar-refractivity contribution in [2.45, 2.75) is 179 Å². The monoisotopic (exact) mass is 768 g/mol. The van der Waals surface area contributed by atoms with Crippen LogP contribution in [0.5, 0.6) is 0 Å². The summed E-state index contributed by atoms with van der Waals surface area (Å²) in [5.41, 5.74) is 0. The maximum atomic E-state index is 12.9. The quantitative estimate of drug-likeness (QED) is 0.0191. The van der Waals surface area contributed by atoms with Crippen LogP contribution in [0.1, 0.15) is 155 Å². The number of quaternary nitrogens is 1. The minimum atomic E-state index is -4.36. The summed E-state index contributed by atoms with van der Waals surface area (Å²) in [4.78, 5) is 23.1. The molecule has 0 aromatic carbocycles. The largest absolute Gasteiger partial charge is 0.472 e. The predicted octanol–water partition coefficient (Wildman–Crippen LogP) is 10.3. The molecule has 53 heavy (non-hydrogen) atoms. The van der Waals surface area contributed by atoms with Gasteiger partial charge in [0.05, 0.1) is 52.1 Å². The normalized spacial score (nSPS) is 18.8. The van der Waals surface area contributed by atoms with Crippen molar-refractivity contribution in [3.63, 3.8) is 0 Å². The number of carbonyl (C=O) groups is 1. The van der Waals surface area contributed by atoms with Gasteiger partial charge in [-0.3, -0.25) is 13.8 Å². The van der Waals surface area contributed by atoms with Gasteiger partial charge in [-0.2, -0.15) is 0 Å². The number of amides is 1. The molecule has 1 saturated heterocycles. The number of allylic oxidation sites excluding steroid dienone is 6. The number of likely N-dealkylation sites (N-methyl/N-ethyl adjacent to an activating group) is 1. The van der Waals surface area contributed by atoms with Crippen molar-refractivity contribution in [3.05, 3.63) is 48.6 Å². The van der Waals surface area contributed by atoms with Crippen molar-refractivity contribution in [1.82, 2.24) is 5.32 Å². The number of hydrogen-bond acceptors (Lipinski definition) is 6. The Hall–Kier alpha value is -1.58. The number of phosphoric ester groups is 1. The highest BCUT2D eigenvalue weighted by atomic mass is 31.2. The van der Waals surface area contributed by atoms with E-state index in [0.717, 1.165) is 44.9 Å². The standard InChI is InChI=1S/C43H79N2O7P/c1-6-8-10-12-14-16-18-20-21-23-25-27-29-32-40(46)39(38-51-53(48,49)50-37-36-45(3,4)5)44-43(47)35-31-34-42-41(52-42)33-30-28-26-24-22-19-17-15-13-11-9-7-2/h15,17,22,24,28-30,32,39-42,46H,6-14,16,18-21,23,25-27,31,33-38H2,1-5H3,(H-,44,47,48,49)/p+1/b17-15-,24-22-,30-28-,32-29+/t39-,40+,41?,42?/m0/s1. The Kier molecular flexibility index (Phi) is 29.5. The van der Waals surface area contributed by atoms with Crippen LogP contribution in [0.2, 0.25) is 0 Å². The molecule has 308 valence electrons. The van der Waals surface area contributed by atoms with Crippen LogP contribution in [0.3, 0.4) is 0 Å². The molecule has 0 aromatic rings. The third-order valence-corrected chi connectivity index (χ3v) is 10.5. The van der Waals surface area contributed by atoms with Crippen LogP contribution >= 0.6 is 7.82 Å². The van der Waals surface area contributed by atoms with E-state index in [-0.39, 0.29) is 37.7 Å². The van der Waals surface area contributed by atoms with E-state index in [9.17, 15) is 19.4 Å². The Balaban J connectivity index is 2.42. The number of nitrogens with one attached hydrogen (secondary N) is 1. The fourth-order valence-electron chi connectivity index (χ4n) is 5.95. The summed E-state index contributed by atoms with van der Waals surface area (Å²) in [6.45, 7) is 4.70. The van der Waals surface area contributed by atoms with Gasteiger partial charge < -0.3 is 24.5 Å². The molecule has 0 bridgehead atoms. The van der Waals surface area contributed by atoms with Gasteiger partial charge in [0.25, 0.3) is 0 Å². The lowest BCUT2D eigenvalue weighted by atomic mass is 10.0. The van der Waals surface area contributed by atoms with E-state index in [0.29, 0.717) is 17.4 Å². The van der Waals surface area contributed by atoms with Crippen LogP contribution in [0.4, 0.5) is 0 Å². The first kappa shape index (κ1) is 49.4. The number of epoxide rings is 1. The number of rotatable bonds is 36. The average Bonchev–Trinajstić information content (AvgIpc) is 3.86. The molecule has 1 aliphatic rings. The number of aliphatic hydroxyl groups is 1. The van der Waals surface area contributed by atoms with Crippen molar-refractivity contribution >= 4 is 13.7 Å². The zero-order valence-corrected chi connectivity index (χ0v) is 35.3. The van der Waals surface area contributed by atoms with Gasteiger partial charge in [0, 0.05) is 6.42 Å². The van der Waals surface area contributed by atoms with Crippen LogP contribution < -0.4 is 5.32 Å². The first-order valence-corrected chi connectivity index (χ1v) is 22.6. The maximum absolute atomic E-state index is 12.9. The highest BCUT2D eigenvalue weighted by Crippen LogP contribution is 2.43. The molecule has 1 aliphatic heterocycles. The van der Waals surface area contributed by atoms with Crippen molar-refractivity contribution in [2.24, 2.45) is 0 Å². The van der Waals surface area contributed by atoms with Crippen LogP contribution in [0.25, 0.3) is 0 Å². The van der Waals surface area contributed by atoms with Gasteiger partial charge in [-0.1, -0.05) is 140 Å². The number of aliphatic hydroxyl groups excluding tert-OH is 1. The zero-order chi connectivity index (χ0) is 39.0. The van der Waals surface area contributed by atoms with Gasteiger partial charge in [-0.25, -0.2) is 4.57 Å². The van der Waals surface area contributed by atoms with Crippen molar-refractivity contribution in [1.29, 1.82) is 0 Å². The van der Waals surface area contributed by atoms with Gasteiger partial charge in [-0.05, 0) is 57.8 Å². The van der Waals surface area contributed by atoms with E-state index in [1.54, 1.807) is 6.08 Å². The number of hydrogen-bond donors (Lipinski definition) is 3. The van der Waals surface area contributed by atoms with Crippen LogP contribution in [-0.2, 0) is 23.1 Å². The Morgan fingerprint density at radius 2 is 1.30 bits per heavy atom.